The number of benzene rings is 7. The van der Waals surface area contributed by atoms with Crippen molar-refractivity contribution < 1.29 is 0 Å². The van der Waals surface area contributed by atoms with Crippen molar-refractivity contribution in [3.05, 3.63) is 157 Å². The number of para-hydroxylation sites is 2. The summed E-state index contributed by atoms with van der Waals surface area (Å²) in [4.78, 5) is 0. The topological polar surface area (TPSA) is 57.4 Å². The van der Waals surface area contributed by atoms with Crippen molar-refractivity contribution in [2.75, 3.05) is 0 Å². The van der Waals surface area contributed by atoms with Crippen LogP contribution in [0.3, 0.4) is 0 Å². The number of nitriles is 2. The molecule has 9 rings (SSSR count). The molecular formula is C42H24N4. The molecule has 4 heteroatoms. The highest BCUT2D eigenvalue weighted by Gasteiger charge is 2.23. The molecule has 46 heavy (non-hydrogen) atoms. The molecule has 0 saturated carbocycles. The van der Waals surface area contributed by atoms with Crippen LogP contribution in [0.15, 0.2) is 146 Å². The molecule has 0 atom stereocenters. The number of rotatable bonds is 3. The molecule has 7 aromatic carbocycles. The lowest BCUT2D eigenvalue weighted by atomic mass is 10.0. The first-order valence-electron chi connectivity index (χ1n) is 15.2. The van der Waals surface area contributed by atoms with Crippen molar-refractivity contribution in [2.24, 2.45) is 0 Å². The highest BCUT2D eigenvalue weighted by Crippen LogP contribution is 2.42. The molecular weight excluding hydrogens is 560 g/mol. The van der Waals surface area contributed by atoms with Crippen molar-refractivity contribution in [3.63, 3.8) is 0 Å². The van der Waals surface area contributed by atoms with E-state index in [2.05, 4.69) is 124 Å². The molecule has 0 aliphatic rings. The minimum Gasteiger partial charge on any atom is -0.307 e. The van der Waals surface area contributed by atoms with E-state index < -0.39 is 0 Å². The molecule has 4 nitrogen and oxygen atoms in total. The summed E-state index contributed by atoms with van der Waals surface area (Å²) >= 11 is 0. The van der Waals surface area contributed by atoms with E-state index in [1.165, 1.54) is 0 Å². The zero-order valence-corrected chi connectivity index (χ0v) is 24.6. The Morgan fingerprint density at radius 1 is 0.435 bits per heavy atom. The van der Waals surface area contributed by atoms with Crippen LogP contribution in [0.1, 0.15) is 11.1 Å². The van der Waals surface area contributed by atoms with Crippen LogP contribution < -0.4 is 0 Å². The third-order valence-corrected chi connectivity index (χ3v) is 9.15. The molecule has 0 amide bonds. The third-order valence-electron chi connectivity index (χ3n) is 9.15. The van der Waals surface area contributed by atoms with Crippen LogP contribution in [0.4, 0.5) is 0 Å². The third kappa shape index (κ3) is 3.65. The van der Waals surface area contributed by atoms with Crippen molar-refractivity contribution in [1.82, 2.24) is 9.13 Å². The van der Waals surface area contributed by atoms with Gasteiger partial charge in [0.05, 0.1) is 50.6 Å². The number of nitrogens with zero attached hydrogens (tertiary/aromatic N) is 4. The first kappa shape index (κ1) is 25.8. The van der Waals surface area contributed by atoms with Crippen molar-refractivity contribution in [1.29, 1.82) is 10.5 Å². The molecule has 9 aromatic rings. The van der Waals surface area contributed by atoms with E-state index in [-0.39, 0.29) is 0 Å². The number of hydrogen-bond donors (Lipinski definition) is 0. The van der Waals surface area contributed by atoms with Gasteiger partial charge in [-0.2, -0.15) is 10.5 Å². The Hall–Kier alpha value is -6.62. The summed E-state index contributed by atoms with van der Waals surface area (Å²) in [6.45, 7) is 0. The van der Waals surface area contributed by atoms with E-state index >= 15 is 0 Å². The number of aromatic nitrogens is 2. The van der Waals surface area contributed by atoms with E-state index in [0.717, 1.165) is 76.9 Å². The van der Waals surface area contributed by atoms with E-state index in [9.17, 15) is 10.5 Å². The van der Waals surface area contributed by atoms with Gasteiger partial charge in [0, 0.05) is 21.5 Å². The molecule has 2 heterocycles. The Labute approximate surface area is 264 Å². The summed E-state index contributed by atoms with van der Waals surface area (Å²) in [6, 6.07) is 54.9. The number of hydrogen-bond acceptors (Lipinski definition) is 2. The van der Waals surface area contributed by atoms with Gasteiger partial charge >= 0.3 is 0 Å². The van der Waals surface area contributed by atoms with Gasteiger partial charge in [-0.15, -0.1) is 0 Å². The van der Waals surface area contributed by atoms with Crippen molar-refractivity contribution in [2.45, 2.75) is 0 Å². The van der Waals surface area contributed by atoms with Crippen LogP contribution in [0.2, 0.25) is 0 Å². The minimum atomic E-state index is 0.438. The van der Waals surface area contributed by atoms with Crippen LogP contribution in [0.5, 0.6) is 0 Å². The molecule has 0 saturated heterocycles. The van der Waals surface area contributed by atoms with Gasteiger partial charge in [0.15, 0.2) is 0 Å². The van der Waals surface area contributed by atoms with Gasteiger partial charge in [0.1, 0.15) is 6.07 Å². The van der Waals surface area contributed by atoms with Gasteiger partial charge in [-0.25, -0.2) is 0 Å². The minimum absolute atomic E-state index is 0.438. The standard InChI is InChI=1S/C42H24N4/c43-25-27-22-31(26-44)42(46-36-16-8-6-14-33(36)34-15-7-9-17-37(34)46)40(23-27)45-38-20-19-30(28-10-2-1-3-11-28)24-35(38)41-32-13-5-4-12-29(32)18-21-39(41)45/h1-24H. The average Bonchev–Trinajstić information content (AvgIpc) is 3.64. The van der Waals surface area contributed by atoms with Gasteiger partial charge in [-0.05, 0) is 64.4 Å². The van der Waals surface area contributed by atoms with Crippen molar-refractivity contribution in [3.8, 4) is 34.6 Å². The zero-order chi connectivity index (χ0) is 30.8. The molecule has 0 aliphatic heterocycles. The van der Waals surface area contributed by atoms with Gasteiger partial charge in [0.25, 0.3) is 0 Å². The van der Waals surface area contributed by atoms with Crippen LogP contribution >= 0.6 is 0 Å². The molecule has 0 radical (unpaired) electrons. The lowest BCUT2D eigenvalue weighted by Crippen LogP contribution is -2.07. The smallest absolute Gasteiger partial charge is 0.101 e. The summed E-state index contributed by atoms with van der Waals surface area (Å²) in [6.07, 6.45) is 0. The largest absolute Gasteiger partial charge is 0.307 e. The van der Waals surface area contributed by atoms with Crippen LogP contribution in [-0.2, 0) is 0 Å². The Kier molecular flexibility index (Phi) is 5.59. The molecule has 0 N–H and O–H groups in total. The predicted octanol–water partition coefficient (Wildman–Crippen LogP) is 10.4. The lowest BCUT2D eigenvalue weighted by Gasteiger charge is -2.19. The van der Waals surface area contributed by atoms with E-state index in [1.807, 2.05) is 36.4 Å². The Morgan fingerprint density at radius 3 is 1.78 bits per heavy atom. The Balaban J connectivity index is 1.49. The fourth-order valence-electron chi connectivity index (χ4n) is 7.20. The van der Waals surface area contributed by atoms with Crippen molar-refractivity contribution >= 4 is 54.4 Å². The molecule has 0 unspecified atom stereocenters. The van der Waals surface area contributed by atoms with Crippen LogP contribution in [0, 0.1) is 22.7 Å². The second-order valence-corrected chi connectivity index (χ2v) is 11.6. The summed E-state index contributed by atoms with van der Waals surface area (Å²) in [7, 11) is 0. The van der Waals surface area contributed by atoms with E-state index in [0.29, 0.717) is 11.1 Å². The fraction of sp³-hybridized carbons (Fsp3) is 0. The van der Waals surface area contributed by atoms with Crippen LogP contribution in [-0.4, -0.2) is 9.13 Å². The van der Waals surface area contributed by atoms with Crippen LogP contribution in [0.25, 0.3) is 76.9 Å². The highest BCUT2D eigenvalue weighted by atomic mass is 15.1. The SMILES string of the molecule is N#Cc1cc(C#N)c(-n2c3ccccc3c3ccccc32)c(-n2c3ccc(-c4ccccc4)cc3c3c4ccccc4ccc32)c1. The molecule has 212 valence electrons. The van der Waals surface area contributed by atoms with Gasteiger partial charge < -0.3 is 9.13 Å². The summed E-state index contributed by atoms with van der Waals surface area (Å²) in [5.41, 5.74) is 8.72. The second-order valence-electron chi connectivity index (χ2n) is 11.6. The highest BCUT2D eigenvalue weighted by molar-refractivity contribution is 6.22. The van der Waals surface area contributed by atoms with Gasteiger partial charge in [-0.3, -0.25) is 0 Å². The first-order valence-corrected chi connectivity index (χ1v) is 15.2. The summed E-state index contributed by atoms with van der Waals surface area (Å²) in [5.74, 6) is 0. The second kappa shape index (κ2) is 9.96. The maximum atomic E-state index is 10.7. The zero-order valence-electron chi connectivity index (χ0n) is 24.6. The average molecular weight is 585 g/mol. The fourth-order valence-corrected chi connectivity index (χ4v) is 7.20. The van der Waals surface area contributed by atoms with Gasteiger partial charge in [0.2, 0.25) is 0 Å². The van der Waals surface area contributed by atoms with E-state index in [1.54, 1.807) is 6.07 Å². The van der Waals surface area contributed by atoms with Gasteiger partial charge in [-0.1, -0.05) is 103 Å². The Morgan fingerprint density at radius 2 is 1.07 bits per heavy atom. The molecule has 2 aromatic heterocycles. The maximum absolute atomic E-state index is 10.7. The Bertz CT molecular complexity index is 2710. The number of fused-ring (bicyclic) bond motifs is 8. The molecule has 0 bridgehead atoms. The predicted molar refractivity (Wildman–Crippen MR) is 187 cm³/mol. The normalized spacial score (nSPS) is 11.4. The summed E-state index contributed by atoms with van der Waals surface area (Å²) < 4.78 is 4.43. The first-order chi connectivity index (χ1) is 22.7. The summed E-state index contributed by atoms with van der Waals surface area (Å²) in [5, 5.41) is 27.6. The molecule has 0 aliphatic carbocycles. The molecule has 0 spiro atoms. The lowest BCUT2D eigenvalue weighted by molar-refractivity contribution is 1.09. The monoisotopic (exact) mass is 584 g/mol. The maximum Gasteiger partial charge on any atom is 0.101 e. The van der Waals surface area contributed by atoms with E-state index in [4.69, 9.17) is 0 Å². The molecule has 0 fully saturated rings. The quantitative estimate of drug-likeness (QED) is 0.207.